The summed E-state index contributed by atoms with van der Waals surface area (Å²) in [5.41, 5.74) is 4.33. The molecule has 6 nitrogen and oxygen atoms in total. The van der Waals surface area contributed by atoms with E-state index in [2.05, 4.69) is 15.2 Å². The smallest absolute Gasteiger partial charge is 0.251 e. The first-order chi connectivity index (χ1) is 12.6. The van der Waals surface area contributed by atoms with Gasteiger partial charge in [-0.15, -0.1) is 0 Å². The van der Waals surface area contributed by atoms with Crippen molar-refractivity contribution >= 4 is 22.9 Å². The van der Waals surface area contributed by atoms with Gasteiger partial charge in [0.25, 0.3) is 5.91 Å². The third-order valence-corrected chi connectivity index (χ3v) is 4.73. The number of rotatable bonds is 3. The Morgan fingerprint density at radius 2 is 1.92 bits per heavy atom. The lowest BCUT2D eigenvalue weighted by molar-refractivity contribution is -0.117. The molecule has 0 saturated carbocycles. The topological polar surface area (TPSA) is 68.2 Å². The maximum absolute atomic E-state index is 12.7. The normalized spacial score (nSPS) is 16.2. The molecule has 2 N–H and O–H groups in total. The monoisotopic (exact) mass is 348 g/mol. The molecule has 1 aromatic heterocycles. The first-order valence-corrected chi connectivity index (χ1v) is 8.45. The third-order valence-electron chi connectivity index (χ3n) is 4.73. The number of carbonyl (C=O) groups excluding carboxylic acids is 1. The Morgan fingerprint density at radius 1 is 1.19 bits per heavy atom. The highest BCUT2D eigenvalue weighted by atomic mass is 16.5. The molecular weight excluding hydrogens is 328 g/mol. The van der Waals surface area contributed by atoms with Gasteiger partial charge in [0.15, 0.2) is 0 Å². The molecule has 4 rings (SSSR count). The molecule has 0 radical (unpaired) electrons. The van der Waals surface area contributed by atoms with Gasteiger partial charge >= 0.3 is 0 Å². The number of anilines is 1. The number of para-hydroxylation sites is 2. The van der Waals surface area contributed by atoms with Crippen LogP contribution in [0.25, 0.3) is 11.0 Å². The number of nitrogens with zero attached hydrogens (tertiary/aromatic N) is 2. The zero-order valence-electron chi connectivity index (χ0n) is 14.9. The quantitative estimate of drug-likeness (QED) is 0.763. The largest absolute Gasteiger partial charge is 0.497 e. The number of amides is 1. The number of ether oxygens (including phenoxy) is 1. The summed E-state index contributed by atoms with van der Waals surface area (Å²) >= 11 is 0. The van der Waals surface area contributed by atoms with Crippen LogP contribution in [-0.4, -0.2) is 29.6 Å². The predicted octanol–water partition coefficient (Wildman–Crippen LogP) is 3.08. The summed E-state index contributed by atoms with van der Waals surface area (Å²) in [5, 5.41) is 6.05. The van der Waals surface area contributed by atoms with Gasteiger partial charge in [-0.25, -0.2) is 4.98 Å². The number of imidazole rings is 1. The lowest BCUT2D eigenvalue weighted by Gasteiger charge is -2.30. The van der Waals surface area contributed by atoms with Crippen molar-refractivity contribution in [3.63, 3.8) is 0 Å². The van der Waals surface area contributed by atoms with Crippen LogP contribution >= 0.6 is 0 Å². The van der Waals surface area contributed by atoms with E-state index in [1.807, 2.05) is 55.5 Å². The van der Waals surface area contributed by atoms with E-state index in [9.17, 15) is 4.79 Å². The van der Waals surface area contributed by atoms with Gasteiger partial charge in [0.2, 0.25) is 5.95 Å². The molecule has 2 heterocycles. The number of benzene rings is 2. The van der Waals surface area contributed by atoms with Crippen molar-refractivity contribution in [1.29, 1.82) is 0 Å². The van der Waals surface area contributed by atoms with Crippen LogP contribution in [0.3, 0.4) is 0 Å². The molecule has 1 amide bonds. The van der Waals surface area contributed by atoms with Crippen LogP contribution in [0.2, 0.25) is 0 Å². The molecule has 6 heteroatoms. The molecule has 0 spiro atoms. The number of methoxy groups -OCH3 is 1. The molecule has 0 fully saturated rings. The minimum absolute atomic E-state index is 0.112. The fraction of sp³-hybridized carbons (Fsp3) is 0.200. The van der Waals surface area contributed by atoms with Gasteiger partial charge in [0.05, 0.1) is 29.8 Å². The molecule has 0 aliphatic carbocycles. The Labute approximate surface area is 151 Å². The molecule has 0 bridgehead atoms. The zero-order chi connectivity index (χ0) is 18.3. The van der Waals surface area contributed by atoms with E-state index in [1.54, 1.807) is 14.2 Å². The van der Waals surface area contributed by atoms with E-state index >= 15 is 0 Å². The van der Waals surface area contributed by atoms with Gasteiger partial charge in [-0.1, -0.05) is 24.3 Å². The van der Waals surface area contributed by atoms with E-state index in [1.165, 1.54) is 0 Å². The number of fused-ring (bicyclic) bond motifs is 3. The van der Waals surface area contributed by atoms with Crippen LogP contribution in [0.5, 0.6) is 5.75 Å². The highest BCUT2D eigenvalue weighted by molar-refractivity contribution is 5.97. The van der Waals surface area contributed by atoms with Crippen molar-refractivity contribution in [3.8, 4) is 5.75 Å². The Hall–Kier alpha value is -3.28. The molecule has 1 aliphatic heterocycles. The summed E-state index contributed by atoms with van der Waals surface area (Å²) in [6.45, 7) is 1.91. The second-order valence-electron chi connectivity index (χ2n) is 6.21. The van der Waals surface area contributed by atoms with Gasteiger partial charge in [0, 0.05) is 12.7 Å². The van der Waals surface area contributed by atoms with Crippen LogP contribution in [0.4, 0.5) is 5.95 Å². The number of hydrogen-bond donors (Lipinski definition) is 2. The van der Waals surface area contributed by atoms with E-state index in [0.29, 0.717) is 5.57 Å². The minimum atomic E-state index is -0.274. The highest BCUT2D eigenvalue weighted by Crippen LogP contribution is 2.39. The lowest BCUT2D eigenvalue weighted by Crippen LogP contribution is -2.33. The Bertz CT molecular complexity index is 1020. The van der Waals surface area contributed by atoms with Crippen molar-refractivity contribution < 1.29 is 9.53 Å². The average Bonchev–Trinajstić information content (AvgIpc) is 3.04. The van der Waals surface area contributed by atoms with Crippen molar-refractivity contribution in [1.82, 2.24) is 14.9 Å². The number of aromatic nitrogens is 2. The van der Waals surface area contributed by atoms with E-state index in [-0.39, 0.29) is 11.9 Å². The lowest BCUT2D eigenvalue weighted by atomic mass is 9.94. The Morgan fingerprint density at radius 3 is 2.62 bits per heavy atom. The molecule has 1 aliphatic rings. The molecule has 2 aromatic carbocycles. The summed E-state index contributed by atoms with van der Waals surface area (Å²) in [6, 6.07) is 15.5. The zero-order valence-corrected chi connectivity index (χ0v) is 14.9. The minimum Gasteiger partial charge on any atom is -0.497 e. The molecule has 3 aromatic rings. The first kappa shape index (κ1) is 16.2. The summed E-state index contributed by atoms with van der Waals surface area (Å²) in [4.78, 5) is 17.4. The number of carbonyl (C=O) groups is 1. The molecule has 132 valence electrons. The highest BCUT2D eigenvalue weighted by Gasteiger charge is 2.33. The summed E-state index contributed by atoms with van der Waals surface area (Å²) in [6.07, 6.45) is 0. The summed E-state index contributed by atoms with van der Waals surface area (Å²) in [7, 11) is 3.29. The van der Waals surface area contributed by atoms with Crippen LogP contribution in [0, 0.1) is 0 Å². The Balaban J connectivity index is 1.97. The van der Waals surface area contributed by atoms with Crippen molar-refractivity contribution in [3.05, 3.63) is 65.4 Å². The maximum Gasteiger partial charge on any atom is 0.251 e. The number of hydrogen-bond acceptors (Lipinski definition) is 4. The van der Waals surface area contributed by atoms with E-state index in [4.69, 9.17) is 9.72 Å². The van der Waals surface area contributed by atoms with Gasteiger partial charge in [-0.2, -0.15) is 0 Å². The van der Waals surface area contributed by atoms with Gasteiger partial charge in [0.1, 0.15) is 5.75 Å². The van der Waals surface area contributed by atoms with Crippen LogP contribution in [-0.2, 0) is 4.79 Å². The number of nitrogens with one attached hydrogen (secondary N) is 2. The van der Waals surface area contributed by atoms with Gasteiger partial charge in [-0.3, -0.25) is 9.36 Å². The summed E-state index contributed by atoms with van der Waals surface area (Å²) < 4.78 is 7.35. The standard InChI is InChI=1S/C20H20N4O2/c1-12-17(19(25)21-2)18(13-8-10-14(26-3)11-9-13)24-16-7-5-4-6-15(16)23-20(24)22-12/h4-11,18H,1-3H3,(H,21,25)(H,22,23). The SMILES string of the molecule is CNC(=O)C1=C(C)Nc2nc3ccccc3n2C1c1ccc(OC)cc1. The third kappa shape index (κ3) is 2.42. The molecule has 0 saturated heterocycles. The van der Waals surface area contributed by atoms with Crippen LogP contribution in [0.15, 0.2) is 59.8 Å². The van der Waals surface area contributed by atoms with E-state index in [0.717, 1.165) is 34.0 Å². The second kappa shape index (κ2) is 6.22. The molecular formula is C20H20N4O2. The molecule has 1 atom stereocenters. The fourth-order valence-corrected chi connectivity index (χ4v) is 3.49. The van der Waals surface area contributed by atoms with Crippen molar-refractivity contribution in [2.75, 3.05) is 19.5 Å². The first-order valence-electron chi connectivity index (χ1n) is 8.45. The van der Waals surface area contributed by atoms with Crippen LogP contribution < -0.4 is 15.4 Å². The predicted molar refractivity (Wildman–Crippen MR) is 101 cm³/mol. The molecule has 1 unspecified atom stereocenters. The maximum atomic E-state index is 12.7. The van der Waals surface area contributed by atoms with Crippen molar-refractivity contribution in [2.45, 2.75) is 13.0 Å². The second-order valence-corrected chi connectivity index (χ2v) is 6.21. The Kier molecular flexibility index (Phi) is 3.88. The van der Waals surface area contributed by atoms with Gasteiger partial charge < -0.3 is 15.4 Å². The van der Waals surface area contributed by atoms with E-state index < -0.39 is 0 Å². The van der Waals surface area contributed by atoms with Crippen molar-refractivity contribution in [2.24, 2.45) is 0 Å². The van der Waals surface area contributed by atoms with Crippen LogP contribution in [0.1, 0.15) is 18.5 Å². The fourth-order valence-electron chi connectivity index (χ4n) is 3.49. The molecule has 26 heavy (non-hydrogen) atoms. The number of allylic oxidation sites excluding steroid dienone is 1. The van der Waals surface area contributed by atoms with Gasteiger partial charge in [-0.05, 0) is 36.8 Å². The number of likely N-dealkylation sites (N-methyl/N-ethyl adjacent to an activating group) is 1. The average molecular weight is 348 g/mol. The summed E-state index contributed by atoms with van der Waals surface area (Å²) in [5.74, 6) is 1.40.